The zero-order valence-corrected chi connectivity index (χ0v) is 17.7. The lowest BCUT2D eigenvalue weighted by molar-refractivity contribution is 0.0675. The van der Waals surface area contributed by atoms with E-state index in [2.05, 4.69) is 10.6 Å². The molecule has 32 heavy (non-hydrogen) atoms. The molecule has 2 amide bonds. The Morgan fingerprint density at radius 1 is 1.25 bits per heavy atom. The maximum absolute atomic E-state index is 14.0. The van der Waals surface area contributed by atoms with Gasteiger partial charge in [0.1, 0.15) is 17.2 Å². The minimum atomic E-state index is -0.946. The molecule has 0 spiro atoms. The topological polar surface area (TPSA) is 104 Å². The van der Waals surface area contributed by atoms with Gasteiger partial charge in [0.25, 0.3) is 11.8 Å². The summed E-state index contributed by atoms with van der Waals surface area (Å²) in [5, 5.41) is 16.4. The third kappa shape index (κ3) is 3.44. The number of amides is 2. The first kappa shape index (κ1) is 21.9. The van der Waals surface area contributed by atoms with Gasteiger partial charge in [0.05, 0.1) is 17.8 Å². The minimum absolute atomic E-state index is 0.0494. The number of nitrogens with one attached hydrogen (secondary N) is 2. The monoisotopic (exact) mass is 446 g/mol. The molecule has 0 saturated carbocycles. The highest BCUT2D eigenvalue weighted by Gasteiger charge is 2.44. The number of carbonyl (C=O) groups is 2. The van der Waals surface area contributed by atoms with Crippen molar-refractivity contribution in [2.24, 2.45) is 0 Å². The molecule has 4 rings (SSSR count). The van der Waals surface area contributed by atoms with Crippen molar-refractivity contribution in [1.82, 2.24) is 20.1 Å². The molecule has 3 heterocycles. The van der Waals surface area contributed by atoms with Crippen LogP contribution in [0, 0.1) is 11.6 Å². The van der Waals surface area contributed by atoms with Crippen LogP contribution in [0.4, 0.5) is 8.78 Å². The predicted octanol–water partition coefficient (Wildman–Crippen LogP) is 1.83. The first-order valence-corrected chi connectivity index (χ1v) is 10.5. The summed E-state index contributed by atoms with van der Waals surface area (Å²) in [6.07, 6.45) is 0.542. The van der Waals surface area contributed by atoms with Crippen LogP contribution in [0.25, 0.3) is 0 Å². The van der Waals surface area contributed by atoms with E-state index >= 15 is 0 Å². The average Bonchev–Trinajstić information content (AvgIpc) is 3.10. The van der Waals surface area contributed by atoms with E-state index in [4.69, 9.17) is 0 Å². The van der Waals surface area contributed by atoms with E-state index in [1.165, 1.54) is 6.07 Å². The zero-order chi connectivity index (χ0) is 23.2. The molecule has 10 heteroatoms. The smallest absolute Gasteiger partial charge is 0.274 e. The molecular formula is C22H24F2N4O4. The van der Waals surface area contributed by atoms with Crippen LogP contribution in [0.2, 0.25) is 0 Å². The van der Waals surface area contributed by atoms with E-state index < -0.39 is 34.6 Å². The van der Waals surface area contributed by atoms with Crippen molar-refractivity contribution in [3.8, 4) is 5.75 Å². The molecule has 1 unspecified atom stereocenters. The van der Waals surface area contributed by atoms with Crippen molar-refractivity contribution in [3.05, 3.63) is 62.6 Å². The number of likely N-dealkylation sites (N-methyl/N-ethyl adjacent to an activating group) is 1. The van der Waals surface area contributed by atoms with E-state index in [1.54, 1.807) is 9.47 Å². The predicted molar refractivity (Wildman–Crippen MR) is 112 cm³/mol. The second-order valence-electron chi connectivity index (χ2n) is 7.92. The number of rotatable bonds is 6. The molecule has 2 aliphatic heterocycles. The number of benzene rings is 1. The Labute approximate surface area is 182 Å². The highest BCUT2D eigenvalue weighted by Crippen LogP contribution is 2.42. The number of aromatic nitrogens is 1. The third-order valence-corrected chi connectivity index (χ3v) is 6.06. The van der Waals surface area contributed by atoms with Gasteiger partial charge in [-0.15, -0.1) is 0 Å². The fourth-order valence-corrected chi connectivity index (χ4v) is 4.60. The van der Waals surface area contributed by atoms with Crippen LogP contribution in [0.3, 0.4) is 0 Å². The SMILES string of the molecule is CCN[C@H]1CC2CN(CC)C(=O)c3c(O)c(=O)c(C(=O)NCc4ccc(F)cc4F)c1n32. The zero-order valence-electron chi connectivity index (χ0n) is 17.7. The molecule has 0 aliphatic carbocycles. The van der Waals surface area contributed by atoms with E-state index in [1.807, 2.05) is 13.8 Å². The number of aromatic hydroxyl groups is 1. The van der Waals surface area contributed by atoms with Crippen molar-refractivity contribution in [1.29, 1.82) is 0 Å². The van der Waals surface area contributed by atoms with Crippen molar-refractivity contribution in [2.75, 3.05) is 19.6 Å². The second-order valence-corrected chi connectivity index (χ2v) is 7.92. The summed E-state index contributed by atoms with van der Waals surface area (Å²) < 4.78 is 28.7. The van der Waals surface area contributed by atoms with Crippen molar-refractivity contribution >= 4 is 11.8 Å². The molecule has 1 aromatic heterocycles. The van der Waals surface area contributed by atoms with Crippen LogP contribution in [0.15, 0.2) is 23.0 Å². The van der Waals surface area contributed by atoms with Gasteiger partial charge in [0.2, 0.25) is 5.43 Å². The van der Waals surface area contributed by atoms with Gasteiger partial charge in [-0.05, 0) is 26.0 Å². The molecule has 0 fully saturated rings. The van der Waals surface area contributed by atoms with Crippen LogP contribution >= 0.6 is 0 Å². The van der Waals surface area contributed by atoms with E-state index in [0.29, 0.717) is 37.8 Å². The Hall–Kier alpha value is -3.27. The van der Waals surface area contributed by atoms with E-state index in [0.717, 1.165) is 6.07 Å². The number of hydrogen-bond donors (Lipinski definition) is 3. The lowest BCUT2D eigenvalue weighted by Crippen LogP contribution is -2.44. The number of carbonyl (C=O) groups excluding carboxylic acids is 2. The number of pyridine rings is 1. The molecule has 0 saturated heterocycles. The summed E-state index contributed by atoms with van der Waals surface area (Å²) in [6.45, 7) is 4.82. The highest BCUT2D eigenvalue weighted by molar-refractivity contribution is 6.00. The molecule has 2 aliphatic rings. The third-order valence-electron chi connectivity index (χ3n) is 6.06. The molecular weight excluding hydrogens is 422 g/mol. The van der Waals surface area contributed by atoms with Crippen LogP contribution < -0.4 is 16.1 Å². The van der Waals surface area contributed by atoms with Crippen LogP contribution in [-0.4, -0.2) is 46.0 Å². The summed E-state index contributed by atoms with van der Waals surface area (Å²) in [6, 6.07) is 2.41. The quantitative estimate of drug-likeness (QED) is 0.628. The summed E-state index contributed by atoms with van der Waals surface area (Å²) in [4.78, 5) is 40.5. The van der Waals surface area contributed by atoms with Gasteiger partial charge in [-0.2, -0.15) is 0 Å². The lowest BCUT2D eigenvalue weighted by Gasteiger charge is -2.33. The normalized spacial score (nSPS) is 19.2. The number of halogens is 2. The van der Waals surface area contributed by atoms with Gasteiger partial charge in [0.15, 0.2) is 11.4 Å². The lowest BCUT2D eigenvalue weighted by atomic mass is 10.0. The molecule has 8 nitrogen and oxygen atoms in total. The van der Waals surface area contributed by atoms with E-state index in [9.17, 15) is 28.3 Å². The first-order valence-electron chi connectivity index (χ1n) is 10.5. The Balaban J connectivity index is 1.78. The van der Waals surface area contributed by atoms with Crippen molar-refractivity contribution < 1.29 is 23.5 Å². The highest BCUT2D eigenvalue weighted by atomic mass is 19.1. The standard InChI is InChI=1S/C22H24F2N4O4/c1-3-25-15-8-13-10-27(4-2)22(32)18-20(30)19(29)16(17(15)28(13)18)21(31)26-9-11-5-6-12(23)7-14(11)24/h5-7,13,15,25,30H,3-4,8-10H2,1-2H3,(H,26,31)/t13?,15-/m0/s1. The van der Waals surface area contributed by atoms with E-state index in [-0.39, 0.29) is 35.4 Å². The molecule has 0 bridgehead atoms. The largest absolute Gasteiger partial charge is 0.503 e. The summed E-state index contributed by atoms with van der Waals surface area (Å²) in [5.41, 5.74) is -0.938. The Morgan fingerprint density at radius 3 is 2.66 bits per heavy atom. The second kappa shape index (κ2) is 8.34. The van der Waals surface area contributed by atoms with Gasteiger partial charge in [-0.1, -0.05) is 13.0 Å². The summed E-state index contributed by atoms with van der Waals surface area (Å²) >= 11 is 0. The Bertz CT molecular complexity index is 1160. The Kier molecular flexibility index (Phi) is 5.72. The molecule has 170 valence electrons. The average molecular weight is 446 g/mol. The van der Waals surface area contributed by atoms with Crippen molar-refractivity contribution in [2.45, 2.75) is 38.9 Å². The van der Waals surface area contributed by atoms with Gasteiger partial charge >= 0.3 is 0 Å². The molecule has 1 aromatic carbocycles. The first-order chi connectivity index (χ1) is 15.3. The van der Waals surface area contributed by atoms with Gasteiger partial charge < -0.3 is 25.2 Å². The van der Waals surface area contributed by atoms with Gasteiger partial charge in [-0.25, -0.2) is 8.78 Å². The summed E-state index contributed by atoms with van der Waals surface area (Å²) in [7, 11) is 0. The van der Waals surface area contributed by atoms with Gasteiger partial charge in [0, 0.05) is 31.3 Å². The van der Waals surface area contributed by atoms with Gasteiger partial charge in [-0.3, -0.25) is 14.4 Å². The summed E-state index contributed by atoms with van der Waals surface area (Å²) in [5.74, 6) is -3.59. The fraction of sp³-hybridized carbons (Fsp3) is 0.409. The maximum atomic E-state index is 14.0. The number of nitrogens with zero attached hydrogens (tertiary/aromatic N) is 2. The maximum Gasteiger partial charge on any atom is 0.274 e. The van der Waals surface area contributed by atoms with Crippen molar-refractivity contribution in [3.63, 3.8) is 0 Å². The Morgan fingerprint density at radius 2 is 2.00 bits per heavy atom. The fourth-order valence-electron chi connectivity index (χ4n) is 4.60. The number of hydrogen-bond acceptors (Lipinski definition) is 5. The molecule has 3 N–H and O–H groups in total. The van der Waals surface area contributed by atoms with Crippen LogP contribution in [0.1, 0.15) is 64.5 Å². The molecule has 0 radical (unpaired) electrons. The van der Waals surface area contributed by atoms with Crippen LogP contribution in [-0.2, 0) is 6.54 Å². The van der Waals surface area contributed by atoms with Crippen LogP contribution in [0.5, 0.6) is 5.75 Å². The molecule has 2 atom stereocenters. The molecule has 2 aromatic rings. The minimum Gasteiger partial charge on any atom is -0.503 e.